The van der Waals surface area contributed by atoms with Crippen molar-refractivity contribution in [3.63, 3.8) is 0 Å². The Morgan fingerprint density at radius 2 is 1.02 bits per heavy atom. The quantitative estimate of drug-likeness (QED) is 0.103. The number of aromatic amines is 2. The third kappa shape index (κ3) is 10.4. The summed E-state index contributed by atoms with van der Waals surface area (Å²) >= 11 is 0. The van der Waals surface area contributed by atoms with Crippen LogP contribution >= 0.6 is 0 Å². The zero-order valence-corrected chi connectivity index (χ0v) is 31.2. The molecule has 0 spiro atoms. The lowest BCUT2D eigenvalue weighted by molar-refractivity contribution is -0.139. The van der Waals surface area contributed by atoms with E-state index in [2.05, 4.69) is 50.5 Å². The van der Waals surface area contributed by atoms with Gasteiger partial charge in [0.05, 0.1) is 22.1 Å². The predicted molar refractivity (Wildman–Crippen MR) is 199 cm³/mol. The maximum atomic E-state index is 12.9. The van der Waals surface area contributed by atoms with Gasteiger partial charge in [0.1, 0.15) is 12.7 Å². The summed E-state index contributed by atoms with van der Waals surface area (Å²) in [4.78, 5) is 57.4. The number of alkyl halides is 6. The molecule has 0 aliphatic heterocycles. The third-order valence-corrected chi connectivity index (χ3v) is 10.7. The van der Waals surface area contributed by atoms with Gasteiger partial charge in [-0.25, -0.2) is 29.9 Å². The van der Waals surface area contributed by atoms with Crippen LogP contribution in [0.1, 0.15) is 98.0 Å². The number of nitrogens with one attached hydrogen (secondary N) is 4. The Hall–Kier alpha value is -5.82. The number of fused-ring (bicyclic) bond motifs is 2. The second-order valence-corrected chi connectivity index (χ2v) is 14.9. The first-order valence-corrected chi connectivity index (χ1v) is 19.2. The molecule has 0 saturated heterocycles. The fraction of sp³-hybridized carbons (Fsp3) is 0.474. The highest BCUT2D eigenvalue weighted by Crippen LogP contribution is 2.34. The maximum absolute atomic E-state index is 12.9. The Bertz CT molecular complexity index is 2110. The van der Waals surface area contributed by atoms with Crippen LogP contribution in [-0.4, -0.2) is 85.3 Å². The number of H-pyrrole nitrogens is 2. The standard InChI is InChI=1S/2C19H21F3N6O/c2*20-19(21,22)7-5-12-1-3-13(4-2-12)25-17(29)16-15-14(6-8-24-15)26-18(27-16)28-10-9-23-11-28/h2*6,8-13,24H,1-5,7H2,(H,25,29). The highest BCUT2D eigenvalue weighted by molar-refractivity contribution is 6.04. The first-order valence-electron chi connectivity index (χ1n) is 19.2. The molecule has 14 nitrogen and oxygen atoms in total. The molecule has 2 saturated carbocycles. The van der Waals surface area contributed by atoms with E-state index in [4.69, 9.17) is 0 Å². The van der Waals surface area contributed by atoms with Gasteiger partial charge in [0.2, 0.25) is 11.9 Å². The lowest BCUT2D eigenvalue weighted by Gasteiger charge is -2.29. The Morgan fingerprint density at radius 1 is 0.621 bits per heavy atom. The highest BCUT2D eigenvalue weighted by Gasteiger charge is 2.32. The van der Waals surface area contributed by atoms with Gasteiger partial charge in [-0.3, -0.25) is 18.7 Å². The SMILES string of the molecule is O=C(NC1CCC(CCC(F)(F)F)CC1)c1nc(-n2ccnc2)nc2cc[nH]c12.O=C(NC1CCC(CCC(F)(F)F)CC1)c1nc(-n2ccnc2)nc2cc[nH]c12. The molecular formula is C38H42F6N12O2. The average Bonchev–Trinajstić information content (AvgIpc) is 4.04. The van der Waals surface area contributed by atoms with Gasteiger partial charge in [-0.1, -0.05) is 0 Å². The zero-order chi connectivity index (χ0) is 40.9. The fourth-order valence-corrected chi connectivity index (χ4v) is 7.61. The number of hydrogen-bond donors (Lipinski definition) is 4. The van der Waals surface area contributed by atoms with Crippen molar-refractivity contribution in [1.82, 2.24) is 59.6 Å². The van der Waals surface area contributed by atoms with Crippen LogP contribution in [0.5, 0.6) is 0 Å². The van der Waals surface area contributed by atoms with Crippen molar-refractivity contribution in [3.8, 4) is 11.9 Å². The Labute approximate surface area is 327 Å². The summed E-state index contributed by atoms with van der Waals surface area (Å²) in [6.07, 6.45) is 9.12. The van der Waals surface area contributed by atoms with Crippen LogP contribution in [0, 0.1) is 11.8 Å². The topological polar surface area (TPSA) is 177 Å². The van der Waals surface area contributed by atoms with E-state index in [0.717, 1.165) is 0 Å². The molecule has 0 aromatic carbocycles. The van der Waals surface area contributed by atoms with Crippen LogP contribution in [0.2, 0.25) is 0 Å². The van der Waals surface area contributed by atoms with Gasteiger partial charge >= 0.3 is 12.4 Å². The predicted octanol–water partition coefficient (Wildman–Crippen LogP) is 7.55. The number of carbonyl (C=O) groups is 2. The minimum atomic E-state index is -4.10. The van der Waals surface area contributed by atoms with Crippen molar-refractivity contribution in [1.29, 1.82) is 0 Å². The summed E-state index contributed by atoms with van der Waals surface area (Å²) in [6, 6.07) is 3.39. The van der Waals surface area contributed by atoms with E-state index in [1.807, 2.05) is 0 Å². The molecule has 58 heavy (non-hydrogen) atoms. The van der Waals surface area contributed by atoms with Crippen molar-refractivity contribution in [2.75, 3.05) is 0 Å². The van der Waals surface area contributed by atoms with Crippen LogP contribution in [0.4, 0.5) is 26.3 Å². The molecule has 6 aromatic heterocycles. The molecule has 2 aliphatic carbocycles. The monoisotopic (exact) mass is 812 g/mol. The molecule has 20 heteroatoms. The first kappa shape index (κ1) is 40.4. The average molecular weight is 813 g/mol. The minimum absolute atomic E-state index is 0.0618. The minimum Gasteiger partial charge on any atom is -0.358 e. The van der Waals surface area contributed by atoms with Crippen molar-refractivity contribution >= 4 is 33.9 Å². The van der Waals surface area contributed by atoms with Crippen molar-refractivity contribution < 1.29 is 35.9 Å². The van der Waals surface area contributed by atoms with E-state index in [1.165, 1.54) is 0 Å². The van der Waals surface area contributed by atoms with Crippen LogP contribution in [0.25, 0.3) is 34.0 Å². The van der Waals surface area contributed by atoms with Gasteiger partial charge in [-0.15, -0.1) is 0 Å². The molecule has 2 fully saturated rings. The number of amides is 2. The van der Waals surface area contributed by atoms with E-state index in [-0.39, 0.29) is 60.0 Å². The van der Waals surface area contributed by atoms with E-state index >= 15 is 0 Å². The molecule has 8 rings (SSSR count). The number of halogens is 6. The molecule has 4 N–H and O–H groups in total. The van der Waals surface area contributed by atoms with E-state index in [0.29, 0.717) is 85.3 Å². The molecule has 0 radical (unpaired) electrons. The first-order chi connectivity index (χ1) is 27.8. The number of carbonyl (C=O) groups excluding carboxylic acids is 2. The molecule has 0 unspecified atom stereocenters. The van der Waals surface area contributed by atoms with Crippen molar-refractivity contribution in [2.24, 2.45) is 11.8 Å². The highest BCUT2D eigenvalue weighted by atomic mass is 19.4. The molecule has 0 atom stereocenters. The Morgan fingerprint density at radius 3 is 1.36 bits per heavy atom. The fourth-order valence-electron chi connectivity index (χ4n) is 7.61. The second kappa shape index (κ2) is 17.4. The molecule has 6 aromatic rings. The number of nitrogens with zero attached hydrogens (tertiary/aromatic N) is 8. The van der Waals surface area contributed by atoms with Crippen molar-refractivity contribution in [3.05, 3.63) is 73.4 Å². The summed E-state index contributed by atoms with van der Waals surface area (Å²) in [6.45, 7) is 0. The summed E-state index contributed by atoms with van der Waals surface area (Å²) in [5, 5.41) is 5.97. The van der Waals surface area contributed by atoms with E-state index in [9.17, 15) is 35.9 Å². The molecule has 2 aliphatic rings. The van der Waals surface area contributed by atoms with Crippen LogP contribution in [0.15, 0.2) is 62.0 Å². The number of rotatable bonds is 10. The second-order valence-electron chi connectivity index (χ2n) is 14.9. The smallest absolute Gasteiger partial charge is 0.358 e. The lowest BCUT2D eigenvalue weighted by Crippen LogP contribution is -2.38. The summed E-state index contributed by atoms with van der Waals surface area (Å²) in [7, 11) is 0. The largest absolute Gasteiger partial charge is 0.389 e. The van der Waals surface area contributed by atoms with Gasteiger partial charge in [0.15, 0.2) is 11.4 Å². The number of aromatic nitrogens is 10. The van der Waals surface area contributed by atoms with Gasteiger partial charge in [0, 0.05) is 62.1 Å². The zero-order valence-electron chi connectivity index (χ0n) is 31.2. The van der Waals surface area contributed by atoms with Gasteiger partial charge < -0.3 is 20.6 Å². The molecule has 6 heterocycles. The lowest BCUT2D eigenvalue weighted by atomic mass is 9.83. The van der Waals surface area contributed by atoms with Crippen LogP contribution in [0.3, 0.4) is 0 Å². The number of imidazole rings is 2. The van der Waals surface area contributed by atoms with Gasteiger partial charge in [-0.2, -0.15) is 26.3 Å². The van der Waals surface area contributed by atoms with Crippen LogP contribution < -0.4 is 10.6 Å². The maximum Gasteiger partial charge on any atom is 0.389 e. The van der Waals surface area contributed by atoms with Gasteiger partial charge in [0.25, 0.3) is 11.8 Å². The van der Waals surface area contributed by atoms with E-state index in [1.54, 1.807) is 71.1 Å². The van der Waals surface area contributed by atoms with Crippen molar-refractivity contribution in [2.45, 2.75) is 101 Å². The summed E-state index contributed by atoms with van der Waals surface area (Å²) in [5.41, 5.74) is 2.80. The normalized spacial score (nSPS) is 20.1. The Kier molecular flexibility index (Phi) is 12.1. The Balaban J connectivity index is 0.000000177. The summed E-state index contributed by atoms with van der Waals surface area (Å²) in [5.74, 6) is 0.171. The number of hydrogen-bond acceptors (Lipinski definition) is 8. The summed E-state index contributed by atoms with van der Waals surface area (Å²) < 4.78 is 77.7. The molecule has 308 valence electrons. The molecular weight excluding hydrogens is 770 g/mol. The van der Waals surface area contributed by atoms with E-state index < -0.39 is 25.2 Å². The molecule has 0 bridgehead atoms. The third-order valence-electron chi connectivity index (χ3n) is 10.7. The molecule has 2 amide bonds. The van der Waals surface area contributed by atoms with Gasteiger partial charge in [-0.05, 0) is 88.2 Å². The van der Waals surface area contributed by atoms with Crippen LogP contribution in [-0.2, 0) is 0 Å².